The number of urea groups is 1. The Kier molecular flexibility index (Phi) is 8.25. The molecule has 1 saturated heterocycles. The van der Waals surface area contributed by atoms with Crippen molar-refractivity contribution in [2.75, 3.05) is 44.6 Å². The largest absolute Gasteiger partial charge is 0.353 e. The lowest BCUT2D eigenvalue weighted by molar-refractivity contribution is -0.123. The third-order valence-electron chi connectivity index (χ3n) is 4.78. The van der Waals surface area contributed by atoms with E-state index >= 15 is 0 Å². The smallest absolute Gasteiger partial charge is 0.321 e. The van der Waals surface area contributed by atoms with Gasteiger partial charge in [-0.25, -0.2) is 4.79 Å². The van der Waals surface area contributed by atoms with Crippen LogP contribution in [0.3, 0.4) is 0 Å². The van der Waals surface area contributed by atoms with Crippen molar-refractivity contribution in [2.24, 2.45) is 0 Å². The molecule has 3 N–H and O–H groups in total. The Hall–Kier alpha value is -2.61. The molecular weight excluding hydrogens is 358 g/mol. The van der Waals surface area contributed by atoms with Crippen LogP contribution in [0.4, 0.5) is 10.5 Å². The quantitative estimate of drug-likeness (QED) is 0.659. The van der Waals surface area contributed by atoms with Crippen LogP contribution in [0.5, 0.6) is 0 Å². The number of rotatable bonds is 7. The Morgan fingerprint density at radius 3 is 2.25 bits per heavy atom. The lowest BCUT2D eigenvalue weighted by atomic mass is 10.2. The molecule has 0 saturated carbocycles. The highest BCUT2D eigenvalue weighted by Crippen LogP contribution is 2.11. The average molecular weight is 390 g/mol. The fourth-order valence-corrected chi connectivity index (χ4v) is 2.90. The molecule has 2 rings (SSSR count). The molecule has 1 aromatic rings. The first-order valence-electron chi connectivity index (χ1n) is 9.88. The molecule has 1 aliphatic rings. The molecule has 0 aliphatic carbocycles. The van der Waals surface area contributed by atoms with Gasteiger partial charge in [0, 0.05) is 50.0 Å². The van der Waals surface area contributed by atoms with Gasteiger partial charge in [0.25, 0.3) is 5.91 Å². The van der Waals surface area contributed by atoms with E-state index < -0.39 is 0 Å². The van der Waals surface area contributed by atoms with E-state index in [0.29, 0.717) is 50.5 Å². The number of benzene rings is 1. The second-order valence-electron chi connectivity index (χ2n) is 7.01. The van der Waals surface area contributed by atoms with E-state index in [4.69, 9.17) is 0 Å². The first-order chi connectivity index (χ1) is 13.4. The molecule has 8 heteroatoms. The Morgan fingerprint density at radius 1 is 1.04 bits per heavy atom. The predicted molar refractivity (Wildman–Crippen MR) is 109 cm³/mol. The van der Waals surface area contributed by atoms with Gasteiger partial charge in [-0.05, 0) is 44.5 Å². The Labute approximate surface area is 166 Å². The van der Waals surface area contributed by atoms with E-state index in [9.17, 15) is 14.4 Å². The lowest BCUT2D eigenvalue weighted by Crippen LogP contribution is -2.52. The van der Waals surface area contributed by atoms with E-state index in [1.54, 1.807) is 29.2 Å². The monoisotopic (exact) mass is 389 g/mol. The first-order valence-corrected chi connectivity index (χ1v) is 9.88. The molecule has 1 heterocycles. The van der Waals surface area contributed by atoms with Gasteiger partial charge < -0.3 is 20.9 Å². The van der Waals surface area contributed by atoms with Crippen molar-refractivity contribution in [2.45, 2.75) is 33.2 Å². The number of carbonyl (C=O) groups excluding carboxylic acids is 3. The zero-order chi connectivity index (χ0) is 20.5. The Morgan fingerprint density at radius 2 is 1.68 bits per heavy atom. The van der Waals surface area contributed by atoms with Gasteiger partial charge in [-0.1, -0.05) is 6.92 Å². The molecule has 0 spiro atoms. The van der Waals surface area contributed by atoms with Crippen LogP contribution in [0.2, 0.25) is 0 Å². The molecule has 4 amide bonds. The summed E-state index contributed by atoms with van der Waals surface area (Å²) in [6, 6.07) is 6.83. The van der Waals surface area contributed by atoms with Gasteiger partial charge in [-0.15, -0.1) is 0 Å². The molecular formula is C20H31N5O3. The normalized spacial score (nSPS) is 15.6. The molecule has 28 heavy (non-hydrogen) atoms. The van der Waals surface area contributed by atoms with Gasteiger partial charge in [0.15, 0.2) is 0 Å². The molecule has 0 bridgehead atoms. The average Bonchev–Trinajstić information content (AvgIpc) is 2.69. The van der Waals surface area contributed by atoms with Crippen LogP contribution in [0, 0.1) is 0 Å². The number of hydrogen-bond donors (Lipinski definition) is 3. The summed E-state index contributed by atoms with van der Waals surface area (Å²) in [5.41, 5.74) is 1.21. The molecule has 1 fully saturated rings. The summed E-state index contributed by atoms with van der Waals surface area (Å²) in [7, 11) is 0. The molecule has 0 aromatic heterocycles. The maximum absolute atomic E-state index is 12.4. The molecule has 154 valence electrons. The fourth-order valence-electron chi connectivity index (χ4n) is 2.90. The Balaban J connectivity index is 1.77. The van der Waals surface area contributed by atoms with Crippen molar-refractivity contribution in [3.05, 3.63) is 29.8 Å². The number of piperazine rings is 1. The topological polar surface area (TPSA) is 93.8 Å². The zero-order valence-electron chi connectivity index (χ0n) is 17.0. The maximum Gasteiger partial charge on any atom is 0.321 e. The van der Waals surface area contributed by atoms with Crippen LogP contribution in [0.15, 0.2) is 24.3 Å². The van der Waals surface area contributed by atoms with Crippen LogP contribution < -0.4 is 16.0 Å². The summed E-state index contributed by atoms with van der Waals surface area (Å²) in [5.74, 6) is -0.103. The Bertz CT molecular complexity index is 669. The molecule has 8 nitrogen and oxygen atoms in total. The minimum Gasteiger partial charge on any atom is -0.353 e. The summed E-state index contributed by atoms with van der Waals surface area (Å²) >= 11 is 0. The molecule has 1 unspecified atom stereocenters. The number of anilines is 1. The van der Waals surface area contributed by atoms with E-state index in [-0.39, 0.29) is 23.9 Å². The van der Waals surface area contributed by atoms with Gasteiger partial charge >= 0.3 is 6.03 Å². The number of carbonyl (C=O) groups is 3. The lowest BCUT2D eigenvalue weighted by Gasteiger charge is -2.34. The third-order valence-corrected chi connectivity index (χ3v) is 4.78. The van der Waals surface area contributed by atoms with E-state index in [1.165, 1.54) is 0 Å². The minimum atomic E-state index is -0.172. The number of nitrogens with zero attached hydrogens (tertiary/aromatic N) is 2. The van der Waals surface area contributed by atoms with Crippen LogP contribution in [0.25, 0.3) is 0 Å². The first kappa shape index (κ1) is 21.7. The van der Waals surface area contributed by atoms with Crippen molar-refractivity contribution in [3.63, 3.8) is 0 Å². The van der Waals surface area contributed by atoms with Crippen LogP contribution in [-0.2, 0) is 4.79 Å². The van der Waals surface area contributed by atoms with Crippen LogP contribution in [0.1, 0.15) is 37.6 Å². The molecule has 1 aromatic carbocycles. The van der Waals surface area contributed by atoms with E-state index in [1.807, 2.05) is 20.8 Å². The number of hydrogen-bond acceptors (Lipinski definition) is 4. The van der Waals surface area contributed by atoms with Crippen LogP contribution >= 0.6 is 0 Å². The summed E-state index contributed by atoms with van der Waals surface area (Å²) in [6.07, 6.45) is 0.907. The van der Waals surface area contributed by atoms with Gasteiger partial charge in [0.1, 0.15) is 0 Å². The maximum atomic E-state index is 12.4. The number of amides is 4. The van der Waals surface area contributed by atoms with E-state index in [0.717, 1.165) is 6.42 Å². The van der Waals surface area contributed by atoms with Crippen molar-refractivity contribution in [1.82, 2.24) is 20.4 Å². The van der Waals surface area contributed by atoms with Gasteiger partial charge in [-0.3, -0.25) is 14.5 Å². The van der Waals surface area contributed by atoms with Gasteiger partial charge in [0.2, 0.25) is 5.91 Å². The predicted octanol–water partition coefficient (Wildman–Crippen LogP) is 1.50. The van der Waals surface area contributed by atoms with E-state index in [2.05, 4.69) is 20.9 Å². The second-order valence-corrected chi connectivity index (χ2v) is 7.01. The van der Waals surface area contributed by atoms with Crippen molar-refractivity contribution in [3.8, 4) is 0 Å². The summed E-state index contributed by atoms with van der Waals surface area (Å²) in [6.45, 7) is 9.29. The van der Waals surface area contributed by atoms with Crippen LogP contribution in [-0.4, -0.2) is 73.0 Å². The van der Waals surface area contributed by atoms with Gasteiger partial charge in [0.05, 0.1) is 6.54 Å². The summed E-state index contributed by atoms with van der Waals surface area (Å²) in [4.78, 5) is 40.0. The second kappa shape index (κ2) is 10.7. The summed E-state index contributed by atoms with van der Waals surface area (Å²) in [5, 5.41) is 8.56. The minimum absolute atomic E-state index is 0.0273. The van der Waals surface area contributed by atoms with Crippen molar-refractivity contribution in [1.29, 1.82) is 0 Å². The SMILES string of the molecule is CCNC(=O)c1ccc(NC(=O)N2CCN(CC(=O)NC(C)CC)CC2)cc1. The number of nitrogens with one attached hydrogen (secondary N) is 3. The highest BCUT2D eigenvalue weighted by molar-refractivity contribution is 5.95. The highest BCUT2D eigenvalue weighted by Gasteiger charge is 2.22. The standard InChI is InChI=1S/C20H31N5O3/c1-4-15(3)22-18(26)14-24-10-12-25(13-11-24)20(28)23-17-8-6-16(7-9-17)19(27)21-5-2/h6-9,15H,4-5,10-14H2,1-3H3,(H,21,27)(H,22,26)(H,23,28). The van der Waals surface area contributed by atoms with Crippen molar-refractivity contribution >= 4 is 23.5 Å². The molecule has 1 aliphatic heterocycles. The summed E-state index contributed by atoms with van der Waals surface area (Å²) < 4.78 is 0. The zero-order valence-corrected chi connectivity index (χ0v) is 17.0. The highest BCUT2D eigenvalue weighted by atomic mass is 16.2. The third kappa shape index (κ3) is 6.53. The van der Waals surface area contributed by atoms with Crippen molar-refractivity contribution < 1.29 is 14.4 Å². The van der Waals surface area contributed by atoms with Gasteiger partial charge in [-0.2, -0.15) is 0 Å². The fraction of sp³-hybridized carbons (Fsp3) is 0.550. The molecule has 1 atom stereocenters. The molecule has 0 radical (unpaired) electrons.